The number of hydrogen-bond donors (Lipinski definition) is 1. The van der Waals surface area contributed by atoms with Gasteiger partial charge in [-0.1, -0.05) is 20.3 Å². The third-order valence-electron chi connectivity index (χ3n) is 4.12. The van der Waals surface area contributed by atoms with E-state index in [1.165, 1.54) is 17.3 Å². The molecule has 1 N–H and O–H groups in total. The molecular formula is C19H33NO3S2. The molecule has 0 saturated heterocycles. The highest BCUT2D eigenvalue weighted by Gasteiger charge is 2.32. The number of nitrogens with one attached hydrogen (secondary N) is 1. The molecule has 0 aromatic carbocycles. The fraction of sp³-hybridized carbons (Fsp3) is 0.789. The lowest BCUT2D eigenvalue weighted by molar-refractivity contribution is -0.125. The van der Waals surface area contributed by atoms with Gasteiger partial charge in [-0.15, -0.1) is 0 Å². The lowest BCUT2D eigenvalue weighted by Crippen LogP contribution is -2.30. The van der Waals surface area contributed by atoms with Crippen LogP contribution in [0.2, 0.25) is 0 Å². The molecule has 4 nitrogen and oxygen atoms in total. The first-order valence-corrected chi connectivity index (χ1v) is 11.8. The van der Waals surface area contributed by atoms with E-state index >= 15 is 0 Å². The summed E-state index contributed by atoms with van der Waals surface area (Å²) >= 11 is 3.95. The molecule has 0 aromatic rings. The summed E-state index contributed by atoms with van der Waals surface area (Å²) in [6.07, 6.45) is 4.60. The normalized spacial score (nSPS) is 17.9. The van der Waals surface area contributed by atoms with Gasteiger partial charge in [0.2, 0.25) is 0 Å². The van der Waals surface area contributed by atoms with Crippen LogP contribution in [-0.2, 0) is 14.4 Å². The zero-order valence-electron chi connectivity index (χ0n) is 15.9. The SMILES string of the molecule is CCCC(NOCC)=C1C(=O)CC(CCCSCCSCC)CC1=O. The van der Waals surface area contributed by atoms with E-state index < -0.39 is 0 Å². The highest BCUT2D eigenvalue weighted by molar-refractivity contribution is 8.02. The predicted molar refractivity (Wildman–Crippen MR) is 109 cm³/mol. The maximum atomic E-state index is 12.5. The van der Waals surface area contributed by atoms with Crippen LogP contribution < -0.4 is 5.48 Å². The van der Waals surface area contributed by atoms with Crippen LogP contribution in [0.1, 0.15) is 59.3 Å². The molecule has 0 heterocycles. The number of ketones is 2. The third kappa shape index (κ3) is 8.65. The first-order valence-electron chi connectivity index (χ1n) is 9.46. The van der Waals surface area contributed by atoms with Crippen molar-refractivity contribution in [2.75, 3.05) is 29.6 Å². The number of rotatable bonds is 13. The maximum absolute atomic E-state index is 12.5. The zero-order valence-corrected chi connectivity index (χ0v) is 17.5. The van der Waals surface area contributed by atoms with E-state index in [9.17, 15) is 9.59 Å². The van der Waals surface area contributed by atoms with Crippen molar-refractivity contribution in [2.24, 2.45) is 5.92 Å². The molecular weight excluding hydrogens is 354 g/mol. The van der Waals surface area contributed by atoms with Gasteiger partial charge in [0.05, 0.1) is 17.9 Å². The Bertz CT molecular complexity index is 432. The fourth-order valence-electron chi connectivity index (χ4n) is 2.97. The minimum Gasteiger partial charge on any atom is -0.294 e. The van der Waals surface area contributed by atoms with Gasteiger partial charge in [0.25, 0.3) is 0 Å². The molecule has 1 aliphatic carbocycles. The Morgan fingerprint density at radius 2 is 1.76 bits per heavy atom. The summed E-state index contributed by atoms with van der Waals surface area (Å²) < 4.78 is 0. The average Bonchev–Trinajstić information content (AvgIpc) is 2.58. The molecule has 6 heteroatoms. The van der Waals surface area contributed by atoms with Gasteiger partial charge in [-0.2, -0.15) is 23.5 Å². The molecule has 0 amide bonds. The lowest BCUT2D eigenvalue weighted by Gasteiger charge is -2.24. The number of allylic oxidation sites excluding steroid dienone is 2. The maximum Gasteiger partial charge on any atom is 0.168 e. The first kappa shape index (κ1) is 22.6. The Morgan fingerprint density at radius 1 is 1.08 bits per heavy atom. The summed E-state index contributed by atoms with van der Waals surface area (Å²) in [5.74, 6) is 4.90. The summed E-state index contributed by atoms with van der Waals surface area (Å²) in [6, 6.07) is 0. The van der Waals surface area contributed by atoms with Gasteiger partial charge in [-0.05, 0) is 43.6 Å². The number of carbonyl (C=O) groups excluding carboxylic acids is 2. The Labute approximate surface area is 161 Å². The van der Waals surface area contributed by atoms with Crippen LogP contribution in [0.15, 0.2) is 11.3 Å². The Morgan fingerprint density at radius 3 is 2.36 bits per heavy atom. The van der Waals surface area contributed by atoms with E-state index in [1.807, 2.05) is 37.4 Å². The van der Waals surface area contributed by atoms with Crippen molar-refractivity contribution in [3.05, 3.63) is 11.3 Å². The number of carbonyl (C=O) groups is 2. The second kappa shape index (κ2) is 13.7. The van der Waals surface area contributed by atoms with E-state index in [1.54, 1.807) is 0 Å². The van der Waals surface area contributed by atoms with Crippen molar-refractivity contribution in [3.8, 4) is 0 Å². The smallest absolute Gasteiger partial charge is 0.168 e. The summed E-state index contributed by atoms with van der Waals surface area (Å²) in [5, 5.41) is 0. The van der Waals surface area contributed by atoms with Crippen molar-refractivity contribution in [3.63, 3.8) is 0 Å². The first-order chi connectivity index (χ1) is 12.1. The van der Waals surface area contributed by atoms with Crippen LogP contribution in [0.3, 0.4) is 0 Å². The van der Waals surface area contributed by atoms with Crippen LogP contribution in [0.5, 0.6) is 0 Å². The van der Waals surface area contributed by atoms with Crippen LogP contribution in [0.4, 0.5) is 0 Å². The monoisotopic (exact) mass is 387 g/mol. The fourth-order valence-corrected chi connectivity index (χ4v) is 4.78. The second-order valence-electron chi connectivity index (χ2n) is 6.21. The van der Waals surface area contributed by atoms with Gasteiger partial charge in [-0.25, -0.2) is 0 Å². The van der Waals surface area contributed by atoms with Crippen molar-refractivity contribution in [1.29, 1.82) is 0 Å². The molecule has 0 spiro atoms. The largest absolute Gasteiger partial charge is 0.294 e. The van der Waals surface area contributed by atoms with Crippen molar-refractivity contribution in [2.45, 2.75) is 59.3 Å². The zero-order chi connectivity index (χ0) is 18.5. The third-order valence-corrected chi connectivity index (χ3v) is 6.35. The van der Waals surface area contributed by atoms with Gasteiger partial charge in [0.15, 0.2) is 11.6 Å². The summed E-state index contributed by atoms with van der Waals surface area (Å²) in [6.45, 7) is 6.59. The molecule has 0 radical (unpaired) electrons. The van der Waals surface area contributed by atoms with Crippen molar-refractivity contribution >= 4 is 35.1 Å². The quantitative estimate of drug-likeness (QED) is 0.219. The topological polar surface area (TPSA) is 55.4 Å². The van der Waals surface area contributed by atoms with Crippen LogP contribution in [0, 0.1) is 5.92 Å². The van der Waals surface area contributed by atoms with Gasteiger partial charge < -0.3 is 0 Å². The molecule has 1 aliphatic rings. The Hall–Kier alpha value is -0.460. The minimum atomic E-state index is -0.0103. The minimum absolute atomic E-state index is 0.0103. The van der Waals surface area contributed by atoms with Crippen molar-refractivity contribution < 1.29 is 14.4 Å². The average molecular weight is 388 g/mol. The summed E-state index contributed by atoms with van der Waals surface area (Å²) in [5.41, 5.74) is 3.85. The van der Waals surface area contributed by atoms with E-state index in [0.29, 0.717) is 37.1 Å². The second-order valence-corrected chi connectivity index (χ2v) is 8.83. The molecule has 0 aromatic heterocycles. The van der Waals surface area contributed by atoms with E-state index in [-0.39, 0.29) is 17.5 Å². The van der Waals surface area contributed by atoms with Crippen molar-refractivity contribution in [1.82, 2.24) is 5.48 Å². The number of thioether (sulfide) groups is 2. The molecule has 144 valence electrons. The number of Topliss-reactive ketones (excluding diaryl/α,β-unsaturated/α-hetero) is 2. The number of hydrogen-bond acceptors (Lipinski definition) is 6. The molecule has 25 heavy (non-hydrogen) atoms. The number of hydroxylamine groups is 1. The molecule has 1 rings (SSSR count). The Kier molecular flexibility index (Phi) is 12.4. The van der Waals surface area contributed by atoms with Gasteiger partial charge in [-0.3, -0.25) is 19.9 Å². The van der Waals surface area contributed by atoms with E-state index in [2.05, 4.69) is 12.4 Å². The molecule has 0 aliphatic heterocycles. The Balaban J connectivity index is 2.46. The molecule has 1 fully saturated rings. The van der Waals surface area contributed by atoms with E-state index in [0.717, 1.165) is 25.0 Å². The van der Waals surface area contributed by atoms with Gasteiger partial charge >= 0.3 is 0 Å². The van der Waals surface area contributed by atoms with E-state index in [4.69, 9.17) is 4.84 Å². The molecule has 0 unspecified atom stereocenters. The summed E-state index contributed by atoms with van der Waals surface area (Å²) in [7, 11) is 0. The van der Waals surface area contributed by atoms with Gasteiger partial charge in [0, 0.05) is 24.3 Å². The predicted octanol–water partition coefficient (Wildman–Crippen LogP) is 4.40. The molecule has 0 atom stereocenters. The highest BCUT2D eigenvalue weighted by atomic mass is 32.2. The van der Waals surface area contributed by atoms with Crippen LogP contribution in [-0.4, -0.2) is 41.2 Å². The highest BCUT2D eigenvalue weighted by Crippen LogP contribution is 2.29. The standard InChI is InChI=1S/C19H33NO3S2/c1-4-8-16(20-23-5-2)19-17(21)13-15(14-18(19)22)9-7-10-25-12-11-24-6-3/h15,20H,4-14H2,1-3H3. The van der Waals surface area contributed by atoms with Crippen LogP contribution >= 0.6 is 23.5 Å². The lowest BCUT2D eigenvalue weighted by atomic mass is 9.80. The van der Waals surface area contributed by atoms with Gasteiger partial charge in [0.1, 0.15) is 0 Å². The van der Waals surface area contributed by atoms with Crippen LogP contribution in [0.25, 0.3) is 0 Å². The molecule has 0 bridgehead atoms. The summed E-state index contributed by atoms with van der Waals surface area (Å²) in [4.78, 5) is 30.3. The molecule has 1 saturated carbocycles.